The Morgan fingerprint density at radius 1 is 1.07 bits per heavy atom. The van der Waals surface area contributed by atoms with Crippen LogP contribution in [0.1, 0.15) is 43.4 Å². The quantitative estimate of drug-likeness (QED) is 0.897. The number of rotatable bonds is 4. The molecule has 0 aromatic carbocycles. The second-order valence-electron chi connectivity index (χ2n) is 7.43. The maximum Gasteiger partial charge on any atom is 0.219 e. The number of amides is 1. The van der Waals surface area contributed by atoms with Gasteiger partial charge in [0.2, 0.25) is 5.91 Å². The summed E-state index contributed by atoms with van der Waals surface area (Å²) >= 11 is 0. The van der Waals surface area contributed by atoms with Gasteiger partial charge < -0.3 is 15.1 Å². The van der Waals surface area contributed by atoms with Gasteiger partial charge in [0.25, 0.3) is 0 Å². The average molecular weight is 366 g/mol. The lowest BCUT2D eigenvalue weighted by Gasteiger charge is -2.34. The lowest BCUT2D eigenvalue weighted by molar-refractivity contribution is -0.129. The summed E-state index contributed by atoms with van der Waals surface area (Å²) in [5.41, 5.74) is 2.18. The van der Waals surface area contributed by atoms with E-state index in [0.29, 0.717) is 11.7 Å². The van der Waals surface area contributed by atoms with Gasteiger partial charge in [0.1, 0.15) is 17.5 Å². The molecule has 2 aromatic rings. The van der Waals surface area contributed by atoms with Crippen LogP contribution in [0.15, 0.2) is 24.5 Å². The Balaban J connectivity index is 1.57. The van der Waals surface area contributed by atoms with Crippen LogP contribution >= 0.6 is 0 Å². The van der Waals surface area contributed by atoms with Crippen LogP contribution < -0.4 is 10.2 Å². The molecular weight excluding hydrogens is 340 g/mol. The Labute approximate surface area is 159 Å². The molecule has 1 amide bonds. The summed E-state index contributed by atoms with van der Waals surface area (Å²) in [7, 11) is 0. The second kappa shape index (κ2) is 7.50. The first-order chi connectivity index (χ1) is 13.1. The van der Waals surface area contributed by atoms with E-state index in [1.807, 2.05) is 11.8 Å². The minimum absolute atomic E-state index is 0.171. The number of aryl methyl sites for hydroxylation is 1. The van der Waals surface area contributed by atoms with Gasteiger partial charge in [-0.05, 0) is 49.8 Å². The molecule has 2 aliphatic rings. The number of carbonyl (C=O) groups excluding carboxylic acids is 1. The zero-order valence-electron chi connectivity index (χ0n) is 16.0. The lowest BCUT2D eigenvalue weighted by atomic mass is 9.89. The third kappa shape index (κ3) is 4.02. The molecule has 2 aliphatic heterocycles. The van der Waals surface area contributed by atoms with Crippen molar-refractivity contribution in [2.24, 2.45) is 0 Å². The van der Waals surface area contributed by atoms with Gasteiger partial charge >= 0.3 is 0 Å². The first-order valence-electron chi connectivity index (χ1n) is 9.66. The van der Waals surface area contributed by atoms with E-state index in [1.165, 1.54) is 12.0 Å². The van der Waals surface area contributed by atoms with Gasteiger partial charge in [-0.15, -0.1) is 0 Å². The molecule has 2 fully saturated rings. The number of anilines is 3. The summed E-state index contributed by atoms with van der Waals surface area (Å²) in [6, 6.07) is 4.35. The fourth-order valence-corrected chi connectivity index (χ4v) is 3.66. The Morgan fingerprint density at radius 3 is 2.44 bits per heavy atom. The van der Waals surface area contributed by atoms with Gasteiger partial charge in [0, 0.05) is 33.1 Å². The van der Waals surface area contributed by atoms with Gasteiger partial charge in [-0.3, -0.25) is 9.78 Å². The zero-order valence-corrected chi connectivity index (χ0v) is 16.0. The summed E-state index contributed by atoms with van der Waals surface area (Å²) in [5.74, 6) is 3.15. The van der Waals surface area contributed by atoms with Crippen LogP contribution in [0.3, 0.4) is 0 Å². The molecule has 7 nitrogen and oxygen atoms in total. The van der Waals surface area contributed by atoms with E-state index in [0.717, 1.165) is 56.4 Å². The van der Waals surface area contributed by atoms with Gasteiger partial charge in [0.05, 0.1) is 18.1 Å². The van der Waals surface area contributed by atoms with E-state index in [4.69, 9.17) is 4.98 Å². The van der Waals surface area contributed by atoms with Crippen molar-refractivity contribution in [3.05, 3.63) is 35.8 Å². The Hall–Kier alpha value is -2.70. The predicted octanol–water partition coefficient (Wildman–Crippen LogP) is 2.86. The standard InChI is InChI=1S/C20H26N6O/c1-14-12-22-19(13-21-14)23-18-10-17(11-20(24-18)26-6-3-7-26)16-4-8-25(9-5-16)15(2)27/h10-13,16H,3-9H2,1-2H3,(H,22,23,24). The summed E-state index contributed by atoms with van der Waals surface area (Å²) in [4.78, 5) is 29.3. The molecule has 142 valence electrons. The van der Waals surface area contributed by atoms with Crippen molar-refractivity contribution in [1.29, 1.82) is 0 Å². The van der Waals surface area contributed by atoms with Crippen molar-refractivity contribution in [3.8, 4) is 0 Å². The molecule has 0 spiro atoms. The van der Waals surface area contributed by atoms with Crippen molar-refractivity contribution < 1.29 is 4.79 Å². The fourth-order valence-electron chi connectivity index (χ4n) is 3.66. The monoisotopic (exact) mass is 366 g/mol. The fraction of sp³-hybridized carbons (Fsp3) is 0.500. The number of aromatic nitrogens is 3. The number of likely N-dealkylation sites (tertiary alicyclic amines) is 1. The van der Waals surface area contributed by atoms with E-state index < -0.39 is 0 Å². The average Bonchev–Trinajstić information content (AvgIpc) is 2.62. The molecule has 0 aliphatic carbocycles. The second-order valence-corrected chi connectivity index (χ2v) is 7.43. The van der Waals surface area contributed by atoms with Crippen LogP contribution in [0.2, 0.25) is 0 Å². The third-order valence-corrected chi connectivity index (χ3v) is 5.46. The molecule has 0 atom stereocenters. The highest BCUT2D eigenvalue weighted by atomic mass is 16.2. The van der Waals surface area contributed by atoms with E-state index in [2.05, 4.69) is 32.3 Å². The maximum absolute atomic E-state index is 11.6. The van der Waals surface area contributed by atoms with Crippen LogP contribution in [0.5, 0.6) is 0 Å². The Kier molecular flexibility index (Phi) is 4.92. The third-order valence-electron chi connectivity index (χ3n) is 5.46. The molecular formula is C20H26N6O. The predicted molar refractivity (Wildman–Crippen MR) is 105 cm³/mol. The topological polar surface area (TPSA) is 74.2 Å². The van der Waals surface area contributed by atoms with Crippen LogP contribution in [-0.2, 0) is 4.79 Å². The number of pyridine rings is 1. The van der Waals surface area contributed by atoms with Crippen molar-refractivity contribution in [1.82, 2.24) is 19.9 Å². The normalized spacial score (nSPS) is 17.6. The van der Waals surface area contributed by atoms with E-state index in [1.54, 1.807) is 19.3 Å². The smallest absolute Gasteiger partial charge is 0.219 e. The highest BCUT2D eigenvalue weighted by Gasteiger charge is 2.24. The van der Waals surface area contributed by atoms with Crippen LogP contribution in [0.4, 0.5) is 17.5 Å². The van der Waals surface area contributed by atoms with Gasteiger partial charge in [-0.1, -0.05) is 0 Å². The van der Waals surface area contributed by atoms with Crippen molar-refractivity contribution in [2.45, 2.75) is 39.0 Å². The summed E-state index contributed by atoms with van der Waals surface area (Å²) in [6.07, 6.45) is 6.69. The molecule has 0 bridgehead atoms. The Bertz CT molecular complexity index is 810. The Morgan fingerprint density at radius 2 is 1.85 bits per heavy atom. The van der Waals surface area contributed by atoms with Gasteiger partial charge in [-0.25, -0.2) is 9.97 Å². The largest absolute Gasteiger partial charge is 0.356 e. The minimum atomic E-state index is 0.171. The molecule has 7 heteroatoms. The van der Waals surface area contributed by atoms with Crippen molar-refractivity contribution in [3.63, 3.8) is 0 Å². The molecule has 0 unspecified atom stereocenters. The van der Waals surface area contributed by atoms with Crippen LogP contribution in [-0.4, -0.2) is 51.9 Å². The number of hydrogen-bond donors (Lipinski definition) is 1. The van der Waals surface area contributed by atoms with Gasteiger partial charge in [0.15, 0.2) is 0 Å². The number of nitrogens with one attached hydrogen (secondary N) is 1. The van der Waals surface area contributed by atoms with E-state index in [-0.39, 0.29) is 5.91 Å². The zero-order chi connectivity index (χ0) is 18.8. The molecule has 2 saturated heterocycles. The maximum atomic E-state index is 11.6. The first kappa shape index (κ1) is 17.7. The van der Waals surface area contributed by atoms with Crippen molar-refractivity contribution >= 4 is 23.4 Å². The van der Waals surface area contributed by atoms with Gasteiger partial charge in [-0.2, -0.15) is 0 Å². The summed E-state index contributed by atoms with van der Waals surface area (Å²) in [5, 5.41) is 3.31. The molecule has 27 heavy (non-hydrogen) atoms. The van der Waals surface area contributed by atoms with E-state index >= 15 is 0 Å². The molecule has 4 heterocycles. The molecule has 0 radical (unpaired) electrons. The first-order valence-corrected chi connectivity index (χ1v) is 9.66. The van der Waals surface area contributed by atoms with Crippen LogP contribution in [0, 0.1) is 6.92 Å². The molecule has 4 rings (SSSR count). The molecule has 1 N–H and O–H groups in total. The SMILES string of the molecule is CC(=O)N1CCC(c2cc(Nc3cnc(C)cn3)nc(N3CCC3)c2)CC1. The minimum Gasteiger partial charge on any atom is -0.356 e. The van der Waals surface area contributed by atoms with Crippen molar-refractivity contribution in [2.75, 3.05) is 36.4 Å². The highest BCUT2D eigenvalue weighted by Crippen LogP contribution is 2.33. The lowest BCUT2D eigenvalue weighted by Crippen LogP contribution is -2.38. The summed E-state index contributed by atoms with van der Waals surface area (Å²) in [6.45, 7) is 7.34. The summed E-state index contributed by atoms with van der Waals surface area (Å²) < 4.78 is 0. The molecule has 0 saturated carbocycles. The number of nitrogens with zero attached hydrogens (tertiary/aromatic N) is 5. The van der Waals surface area contributed by atoms with Crippen LogP contribution in [0.25, 0.3) is 0 Å². The van der Waals surface area contributed by atoms with E-state index in [9.17, 15) is 4.79 Å². The molecule has 2 aromatic heterocycles. The number of carbonyl (C=O) groups is 1. The highest BCUT2D eigenvalue weighted by molar-refractivity contribution is 5.73. The number of hydrogen-bond acceptors (Lipinski definition) is 6. The number of piperidine rings is 1.